The van der Waals surface area contributed by atoms with E-state index < -0.39 is 0 Å². The Morgan fingerprint density at radius 3 is 2.31 bits per heavy atom. The van der Waals surface area contributed by atoms with Crippen LogP contribution in [0.1, 0.15) is 39.5 Å². The topological polar surface area (TPSA) is 15.3 Å². The van der Waals surface area contributed by atoms with Crippen LogP contribution in [0.25, 0.3) is 0 Å². The molecule has 1 saturated carbocycles. The zero-order valence-electron chi connectivity index (χ0n) is 9.51. The van der Waals surface area contributed by atoms with Gasteiger partial charge in [-0.25, -0.2) is 0 Å². The van der Waals surface area contributed by atoms with Gasteiger partial charge < -0.3 is 10.2 Å². The molecule has 0 aliphatic heterocycles. The summed E-state index contributed by atoms with van der Waals surface area (Å²) in [7, 11) is 4.40. The highest BCUT2D eigenvalue weighted by Crippen LogP contribution is 2.21. The fraction of sp³-hybridized carbons (Fsp3) is 1.00. The SMILES string of the molecule is CC(C)N[C@H]1CCCCC1N(C)C. The zero-order valence-corrected chi connectivity index (χ0v) is 9.51. The molecular weight excluding hydrogens is 160 g/mol. The lowest BCUT2D eigenvalue weighted by Crippen LogP contribution is -2.51. The van der Waals surface area contributed by atoms with E-state index >= 15 is 0 Å². The number of hydrogen-bond acceptors (Lipinski definition) is 2. The summed E-state index contributed by atoms with van der Waals surface area (Å²) >= 11 is 0. The molecule has 0 radical (unpaired) electrons. The van der Waals surface area contributed by atoms with E-state index in [1.807, 2.05) is 0 Å². The molecular formula is C11H24N2. The molecule has 2 atom stereocenters. The first-order valence-corrected chi connectivity index (χ1v) is 5.53. The van der Waals surface area contributed by atoms with Crippen LogP contribution < -0.4 is 5.32 Å². The summed E-state index contributed by atoms with van der Waals surface area (Å²) in [6.07, 6.45) is 5.51. The van der Waals surface area contributed by atoms with Crippen molar-refractivity contribution in [3.8, 4) is 0 Å². The van der Waals surface area contributed by atoms with E-state index in [0.29, 0.717) is 12.1 Å². The average molecular weight is 184 g/mol. The highest BCUT2D eigenvalue weighted by molar-refractivity contribution is 4.86. The number of likely N-dealkylation sites (N-methyl/N-ethyl adjacent to an activating group) is 1. The predicted octanol–water partition coefficient (Wildman–Crippen LogP) is 1.86. The minimum atomic E-state index is 0.616. The minimum Gasteiger partial charge on any atom is -0.310 e. The summed E-state index contributed by atoms with van der Waals surface area (Å²) in [5.41, 5.74) is 0. The van der Waals surface area contributed by atoms with Crippen LogP contribution >= 0.6 is 0 Å². The third kappa shape index (κ3) is 3.28. The number of hydrogen-bond donors (Lipinski definition) is 1. The third-order valence-corrected chi connectivity index (χ3v) is 2.94. The van der Waals surface area contributed by atoms with Crippen LogP contribution in [0.15, 0.2) is 0 Å². The van der Waals surface area contributed by atoms with Crippen LogP contribution in [0.2, 0.25) is 0 Å². The summed E-state index contributed by atoms with van der Waals surface area (Å²) in [5.74, 6) is 0. The van der Waals surface area contributed by atoms with Crippen molar-refractivity contribution < 1.29 is 0 Å². The molecule has 0 saturated heterocycles. The normalized spacial score (nSPS) is 30.0. The Morgan fingerprint density at radius 2 is 1.77 bits per heavy atom. The van der Waals surface area contributed by atoms with Crippen molar-refractivity contribution in [1.29, 1.82) is 0 Å². The van der Waals surface area contributed by atoms with Crippen LogP contribution in [0, 0.1) is 0 Å². The second kappa shape index (κ2) is 4.97. The average Bonchev–Trinajstić information content (AvgIpc) is 2.03. The molecule has 0 heterocycles. The molecule has 0 aromatic rings. The molecule has 1 N–H and O–H groups in total. The Labute approximate surface area is 82.7 Å². The van der Waals surface area contributed by atoms with E-state index in [0.717, 1.165) is 6.04 Å². The smallest absolute Gasteiger partial charge is 0.0243 e. The van der Waals surface area contributed by atoms with Crippen LogP contribution in [0.3, 0.4) is 0 Å². The van der Waals surface area contributed by atoms with Gasteiger partial charge in [0.2, 0.25) is 0 Å². The van der Waals surface area contributed by atoms with Gasteiger partial charge in [0.15, 0.2) is 0 Å². The second-order valence-electron chi connectivity index (χ2n) is 4.74. The van der Waals surface area contributed by atoms with E-state index in [1.54, 1.807) is 0 Å². The van der Waals surface area contributed by atoms with Crippen molar-refractivity contribution in [3.05, 3.63) is 0 Å². The van der Waals surface area contributed by atoms with Gasteiger partial charge in [-0.1, -0.05) is 26.7 Å². The van der Waals surface area contributed by atoms with Gasteiger partial charge >= 0.3 is 0 Å². The molecule has 1 rings (SSSR count). The maximum absolute atomic E-state index is 3.67. The lowest BCUT2D eigenvalue weighted by Gasteiger charge is -2.37. The van der Waals surface area contributed by atoms with Gasteiger partial charge in [-0.05, 0) is 26.9 Å². The Morgan fingerprint density at radius 1 is 1.15 bits per heavy atom. The van der Waals surface area contributed by atoms with Crippen LogP contribution in [-0.4, -0.2) is 37.1 Å². The first kappa shape index (κ1) is 11.0. The number of nitrogens with one attached hydrogen (secondary N) is 1. The Kier molecular flexibility index (Phi) is 4.20. The van der Waals surface area contributed by atoms with E-state index in [-0.39, 0.29) is 0 Å². The van der Waals surface area contributed by atoms with E-state index in [4.69, 9.17) is 0 Å². The van der Waals surface area contributed by atoms with E-state index in [2.05, 4.69) is 38.2 Å². The molecule has 13 heavy (non-hydrogen) atoms. The highest BCUT2D eigenvalue weighted by Gasteiger charge is 2.26. The lowest BCUT2D eigenvalue weighted by atomic mass is 9.89. The van der Waals surface area contributed by atoms with Crippen LogP contribution in [-0.2, 0) is 0 Å². The van der Waals surface area contributed by atoms with Crippen molar-refractivity contribution in [2.75, 3.05) is 14.1 Å². The third-order valence-electron chi connectivity index (χ3n) is 2.94. The monoisotopic (exact) mass is 184 g/mol. The molecule has 1 unspecified atom stereocenters. The molecule has 0 bridgehead atoms. The first-order chi connectivity index (χ1) is 6.11. The van der Waals surface area contributed by atoms with Gasteiger partial charge in [0.25, 0.3) is 0 Å². The Bertz CT molecular complexity index is 143. The molecule has 1 fully saturated rings. The lowest BCUT2D eigenvalue weighted by molar-refractivity contribution is 0.170. The van der Waals surface area contributed by atoms with E-state index in [1.165, 1.54) is 25.7 Å². The molecule has 2 heteroatoms. The molecule has 78 valence electrons. The highest BCUT2D eigenvalue weighted by atomic mass is 15.1. The maximum atomic E-state index is 3.67. The Balaban J connectivity index is 2.46. The van der Waals surface area contributed by atoms with Crippen LogP contribution in [0.5, 0.6) is 0 Å². The fourth-order valence-electron chi connectivity index (χ4n) is 2.35. The van der Waals surface area contributed by atoms with Crippen molar-refractivity contribution in [2.24, 2.45) is 0 Å². The first-order valence-electron chi connectivity index (χ1n) is 5.53. The minimum absolute atomic E-state index is 0.616. The van der Waals surface area contributed by atoms with Gasteiger partial charge in [-0.15, -0.1) is 0 Å². The van der Waals surface area contributed by atoms with Crippen molar-refractivity contribution in [1.82, 2.24) is 10.2 Å². The fourth-order valence-corrected chi connectivity index (χ4v) is 2.35. The second-order valence-corrected chi connectivity index (χ2v) is 4.74. The summed E-state index contributed by atoms with van der Waals surface area (Å²) < 4.78 is 0. The molecule has 0 spiro atoms. The van der Waals surface area contributed by atoms with E-state index in [9.17, 15) is 0 Å². The standard InChI is InChI=1S/C11H24N2/c1-9(2)12-10-7-5-6-8-11(10)13(3)4/h9-12H,5-8H2,1-4H3/t10-,11?/m0/s1. The molecule has 0 aromatic heterocycles. The summed E-state index contributed by atoms with van der Waals surface area (Å²) in [5, 5.41) is 3.67. The quantitative estimate of drug-likeness (QED) is 0.720. The zero-order chi connectivity index (χ0) is 9.84. The van der Waals surface area contributed by atoms with Gasteiger partial charge in [0, 0.05) is 18.1 Å². The van der Waals surface area contributed by atoms with Gasteiger partial charge in [0.1, 0.15) is 0 Å². The molecule has 0 amide bonds. The Hall–Kier alpha value is -0.0800. The molecule has 1 aliphatic rings. The number of rotatable bonds is 3. The van der Waals surface area contributed by atoms with Crippen LogP contribution in [0.4, 0.5) is 0 Å². The predicted molar refractivity (Wildman–Crippen MR) is 58.0 cm³/mol. The number of nitrogens with zero attached hydrogens (tertiary/aromatic N) is 1. The maximum Gasteiger partial charge on any atom is 0.0243 e. The van der Waals surface area contributed by atoms with Crippen molar-refractivity contribution in [3.63, 3.8) is 0 Å². The largest absolute Gasteiger partial charge is 0.310 e. The molecule has 1 aliphatic carbocycles. The van der Waals surface area contributed by atoms with Gasteiger partial charge in [-0.2, -0.15) is 0 Å². The summed E-state index contributed by atoms with van der Waals surface area (Å²) in [6.45, 7) is 4.47. The van der Waals surface area contributed by atoms with Gasteiger partial charge in [0.05, 0.1) is 0 Å². The molecule has 0 aromatic carbocycles. The van der Waals surface area contributed by atoms with Crippen molar-refractivity contribution in [2.45, 2.75) is 57.7 Å². The summed E-state index contributed by atoms with van der Waals surface area (Å²) in [4.78, 5) is 2.37. The summed E-state index contributed by atoms with van der Waals surface area (Å²) in [6, 6.07) is 2.07. The van der Waals surface area contributed by atoms with Gasteiger partial charge in [-0.3, -0.25) is 0 Å². The van der Waals surface area contributed by atoms with Crippen molar-refractivity contribution >= 4 is 0 Å². The molecule has 2 nitrogen and oxygen atoms in total.